The van der Waals surface area contributed by atoms with Crippen molar-refractivity contribution >= 4 is 64.3 Å². The lowest BCUT2D eigenvalue weighted by molar-refractivity contribution is -0.136. The van der Waals surface area contributed by atoms with Gasteiger partial charge in [-0.05, 0) is 62.4 Å². The monoisotopic (exact) mass is 567 g/mol. The first-order chi connectivity index (χ1) is 18.6. The fraction of sp³-hybridized carbons (Fsp3) is 0.143. The Labute approximate surface area is 234 Å². The summed E-state index contributed by atoms with van der Waals surface area (Å²) in [5, 5.41) is 5.63. The third-order valence-corrected chi connectivity index (χ3v) is 6.24. The molecule has 1 aliphatic heterocycles. The summed E-state index contributed by atoms with van der Waals surface area (Å²) in [5.74, 6) is -2.32. The van der Waals surface area contributed by atoms with Gasteiger partial charge in [-0.3, -0.25) is 19.3 Å². The van der Waals surface area contributed by atoms with E-state index >= 15 is 0 Å². The van der Waals surface area contributed by atoms with Crippen molar-refractivity contribution in [3.05, 3.63) is 98.6 Å². The van der Waals surface area contributed by atoms with E-state index in [9.17, 15) is 19.2 Å². The van der Waals surface area contributed by atoms with Gasteiger partial charge in [0.15, 0.2) is 0 Å². The van der Waals surface area contributed by atoms with Gasteiger partial charge in [0.1, 0.15) is 11.5 Å². The lowest BCUT2D eigenvalue weighted by Crippen LogP contribution is -2.34. The zero-order valence-electron chi connectivity index (χ0n) is 21.1. The first kappa shape index (κ1) is 27.7. The zero-order valence-corrected chi connectivity index (χ0v) is 22.6. The minimum atomic E-state index is -0.847. The lowest BCUT2D eigenvalue weighted by atomic mass is 10.1. The third kappa shape index (κ3) is 6.22. The van der Waals surface area contributed by atoms with Crippen molar-refractivity contribution in [1.29, 1.82) is 0 Å². The smallest absolute Gasteiger partial charge is 0.340 e. The maximum absolute atomic E-state index is 13.4. The van der Waals surface area contributed by atoms with Crippen molar-refractivity contribution in [2.24, 2.45) is 0 Å². The molecule has 200 valence electrons. The summed E-state index contributed by atoms with van der Waals surface area (Å²) in [5.41, 5.74) is 2.32. The van der Waals surface area contributed by atoms with E-state index < -0.39 is 23.7 Å². The van der Waals surface area contributed by atoms with Gasteiger partial charge >= 0.3 is 17.8 Å². The minimum absolute atomic E-state index is 0.0397. The number of hydrogen-bond acceptors (Lipinski definition) is 6. The average molecular weight is 568 g/mol. The van der Waals surface area contributed by atoms with Crippen LogP contribution >= 0.6 is 23.2 Å². The lowest BCUT2D eigenvalue weighted by Gasteiger charge is -2.18. The summed E-state index contributed by atoms with van der Waals surface area (Å²) in [4.78, 5) is 51.7. The van der Waals surface area contributed by atoms with Crippen LogP contribution in [0.3, 0.4) is 0 Å². The molecule has 0 atom stereocenters. The van der Waals surface area contributed by atoms with Crippen LogP contribution in [-0.2, 0) is 30.5 Å². The van der Waals surface area contributed by atoms with Gasteiger partial charge in [-0.25, -0.2) is 4.79 Å². The molecule has 4 rings (SSSR count). The number of aryl methyl sites for hydroxylation is 1. The molecule has 0 saturated carbocycles. The molecule has 2 heterocycles. The summed E-state index contributed by atoms with van der Waals surface area (Å²) in [7, 11) is 1.21. The van der Waals surface area contributed by atoms with E-state index in [4.69, 9.17) is 32.4 Å². The van der Waals surface area contributed by atoms with Gasteiger partial charge in [0.25, 0.3) is 5.91 Å². The molecule has 0 fully saturated rings. The molecule has 0 bridgehead atoms. The highest BCUT2D eigenvalue weighted by Gasteiger charge is 2.38. The number of methoxy groups -OCH3 is 1. The van der Waals surface area contributed by atoms with E-state index in [1.807, 2.05) is 19.1 Å². The van der Waals surface area contributed by atoms with Gasteiger partial charge in [0.05, 0.1) is 30.5 Å². The van der Waals surface area contributed by atoms with Crippen LogP contribution in [0.2, 0.25) is 10.0 Å². The zero-order chi connectivity index (χ0) is 28.3. The minimum Gasteiger partial charge on any atom is -0.465 e. The van der Waals surface area contributed by atoms with Gasteiger partial charge in [-0.2, -0.15) is 0 Å². The Morgan fingerprint density at radius 2 is 1.64 bits per heavy atom. The van der Waals surface area contributed by atoms with Gasteiger partial charge in [-0.1, -0.05) is 40.9 Å². The van der Waals surface area contributed by atoms with Crippen LogP contribution in [0.15, 0.2) is 75.9 Å². The predicted molar refractivity (Wildman–Crippen MR) is 147 cm³/mol. The largest absolute Gasteiger partial charge is 0.465 e. The number of ether oxygens (including phenoxy) is 1. The number of hydrogen-bond donors (Lipinski definition) is 2. The molecule has 0 aliphatic carbocycles. The second-order valence-electron chi connectivity index (χ2n) is 8.59. The van der Waals surface area contributed by atoms with Crippen LogP contribution in [0.5, 0.6) is 0 Å². The van der Waals surface area contributed by atoms with Crippen LogP contribution in [0.4, 0.5) is 11.4 Å². The molecule has 3 aromatic rings. The molecule has 1 aromatic heterocycles. The standard InChI is InChI=1S/C28H23Cl2N3O6/c1-15-4-6-19(7-5-15)32-26(35)25(34)31-14-22-9-8-21(39-22)13-23-24(28(37)38-3)16(2)33(27(23)36)20-11-17(29)10-18(30)12-20/h4-13H,14H2,1-3H3,(H,31,34)(H,32,35)/b23-13+. The van der Waals surface area contributed by atoms with Gasteiger partial charge in [0.2, 0.25) is 0 Å². The van der Waals surface area contributed by atoms with Crippen LogP contribution in [0.1, 0.15) is 24.0 Å². The molecule has 2 aromatic carbocycles. The van der Waals surface area contributed by atoms with Crippen molar-refractivity contribution in [2.45, 2.75) is 20.4 Å². The van der Waals surface area contributed by atoms with Crippen molar-refractivity contribution < 1.29 is 28.3 Å². The van der Waals surface area contributed by atoms with Gasteiger partial charge in [0, 0.05) is 21.4 Å². The number of carbonyl (C=O) groups excluding carboxylic acids is 4. The summed E-state index contributed by atoms with van der Waals surface area (Å²) in [6.07, 6.45) is 1.40. The van der Waals surface area contributed by atoms with Crippen LogP contribution in [0.25, 0.3) is 6.08 Å². The van der Waals surface area contributed by atoms with E-state index in [2.05, 4.69) is 10.6 Å². The molecule has 39 heavy (non-hydrogen) atoms. The van der Waals surface area contributed by atoms with E-state index in [0.717, 1.165) is 5.56 Å². The van der Waals surface area contributed by atoms with E-state index in [1.165, 1.54) is 24.2 Å². The molecule has 9 nitrogen and oxygen atoms in total. The summed E-state index contributed by atoms with van der Waals surface area (Å²) in [6, 6.07) is 14.8. The summed E-state index contributed by atoms with van der Waals surface area (Å²) >= 11 is 12.2. The first-order valence-electron chi connectivity index (χ1n) is 11.6. The van der Waals surface area contributed by atoms with E-state index in [-0.39, 0.29) is 23.5 Å². The quantitative estimate of drug-likeness (QED) is 0.245. The molecule has 1 aliphatic rings. The summed E-state index contributed by atoms with van der Waals surface area (Å²) in [6.45, 7) is 3.43. The summed E-state index contributed by atoms with van der Waals surface area (Å²) < 4.78 is 10.6. The van der Waals surface area contributed by atoms with Gasteiger partial charge in [-0.15, -0.1) is 0 Å². The number of amides is 3. The van der Waals surface area contributed by atoms with Crippen molar-refractivity contribution in [3.63, 3.8) is 0 Å². The van der Waals surface area contributed by atoms with E-state index in [1.54, 1.807) is 43.3 Å². The molecule has 0 radical (unpaired) electrons. The normalized spacial score (nSPS) is 14.1. The molecular formula is C28H23Cl2N3O6. The Hall–Kier alpha value is -4.34. The first-order valence-corrected chi connectivity index (χ1v) is 12.4. The number of benzene rings is 2. The topological polar surface area (TPSA) is 118 Å². The number of carbonyl (C=O) groups is 4. The molecule has 0 unspecified atom stereocenters. The molecule has 0 spiro atoms. The second-order valence-corrected chi connectivity index (χ2v) is 9.46. The van der Waals surface area contributed by atoms with E-state index in [0.29, 0.717) is 32.9 Å². The molecule has 2 N–H and O–H groups in total. The fourth-order valence-corrected chi connectivity index (χ4v) is 4.46. The Morgan fingerprint density at radius 1 is 0.974 bits per heavy atom. The van der Waals surface area contributed by atoms with Crippen LogP contribution in [0, 0.1) is 6.92 Å². The number of allylic oxidation sites excluding steroid dienone is 1. The molecule has 11 heteroatoms. The Balaban J connectivity index is 1.50. The second kappa shape index (κ2) is 11.6. The maximum Gasteiger partial charge on any atom is 0.340 e. The Kier molecular flexibility index (Phi) is 8.23. The number of halogens is 2. The Morgan fingerprint density at radius 3 is 2.28 bits per heavy atom. The SMILES string of the molecule is COC(=O)C1=C(C)N(c2cc(Cl)cc(Cl)c2)C(=O)/C1=C/c1ccc(CNC(=O)C(=O)Nc2ccc(C)cc2)o1. The van der Waals surface area contributed by atoms with Gasteiger partial charge < -0.3 is 19.8 Å². The Bertz CT molecular complexity index is 1520. The van der Waals surface area contributed by atoms with Crippen LogP contribution in [-0.4, -0.2) is 30.8 Å². The van der Waals surface area contributed by atoms with Crippen LogP contribution < -0.4 is 15.5 Å². The highest BCUT2D eigenvalue weighted by molar-refractivity contribution is 6.39. The number of anilines is 2. The van der Waals surface area contributed by atoms with Crippen molar-refractivity contribution in [1.82, 2.24) is 5.32 Å². The number of nitrogens with one attached hydrogen (secondary N) is 2. The number of esters is 1. The third-order valence-electron chi connectivity index (χ3n) is 5.80. The number of nitrogens with zero attached hydrogens (tertiary/aromatic N) is 1. The fourth-order valence-electron chi connectivity index (χ4n) is 3.94. The van der Waals surface area contributed by atoms with Crippen molar-refractivity contribution in [2.75, 3.05) is 17.3 Å². The molecular weight excluding hydrogens is 545 g/mol. The average Bonchev–Trinajstić information content (AvgIpc) is 3.44. The molecule has 0 saturated heterocycles. The molecule has 3 amide bonds. The predicted octanol–water partition coefficient (Wildman–Crippen LogP) is 5.03. The number of furan rings is 1. The maximum atomic E-state index is 13.4. The highest BCUT2D eigenvalue weighted by atomic mass is 35.5. The van der Waals surface area contributed by atoms with Crippen molar-refractivity contribution in [3.8, 4) is 0 Å². The highest BCUT2D eigenvalue weighted by Crippen LogP contribution is 2.37. The number of rotatable bonds is 6.